The van der Waals surface area contributed by atoms with Crippen LogP contribution in [0.2, 0.25) is 10.0 Å². The molecule has 0 aromatic heterocycles. The molecule has 1 unspecified atom stereocenters. The van der Waals surface area contributed by atoms with Crippen LogP contribution in [0.5, 0.6) is 0 Å². The summed E-state index contributed by atoms with van der Waals surface area (Å²) in [4.78, 5) is 29.3. The maximum atomic E-state index is 14.3. The van der Waals surface area contributed by atoms with Crippen LogP contribution in [-0.4, -0.2) is 43.8 Å². The van der Waals surface area contributed by atoms with Crippen molar-refractivity contribution in [2.24, 2.45) is 0 Å². The summed E-state index contributed by atoms with van der Waals surface area (Å²) in [6.07, 6.45) is 4.28. The van der Waals surface area contributed by atoms with Crippen LogP contribution in [0.15, 0.2) is 71.6 Å². The molecule has 1 saturated carbocycles. The maximum absolute atomic E-state index is 14.3. The van der Waals surface area contributed by atoms with Gasteiger partial charge in [-0.1, -0.05) is 90.5 Å². The van der Waals surface area contributed by atoms with Crippen LogP contribution in [0.25, 0.3) is 0 Å². The van der Waals surface area contributed by atoms with Gasteiger partial charge < -0.3 is 10.2 Å². The molecule has 0 aliphatic heterocycles. The molecule has 1 fully saturated rings. The van der Waals surface area contributed by atoms with E-state index in [0.29, 0.717) is 6.42 Å². The van der Waals surface area contributed by atoms with Crippen LogP contribution < -0.4 is 9.62 Å². The van der Waals surface area contributed by atoms with E-state index in [1.54, 1.807) is 18.2 Å². The van der Waals surface area contributed by atoms with Gasteiger partial charge in [0.25, 0.3) is 10.0 Å². The number of hydrogen-bond donors (Lipinski definition) is 1. The Kier molecular flexibility index (Phi) is 10.6. The molecule has 0 bridgehead atoms. The lowest BCUT2D eigenvalue weighted by molar-refractivity contribution is -0.140. The summed E-state index contributed by atoms with van der Waals surface area (Å²) in [5.74, 6) is -0.768. The van der Waals surface area contributed by atoms with E-state index in [9.17, 15) is 18.0 Å². The average Bonchev–Trinajstić information content (AvgIpc) is 3.46. The molecule has 10 heteroatoms. The topological polar surface area (TPSA) is 86.8 Å². The highest BCUT2D eigenvalue weighted by Crippen LogP contribution is 2.33. The van der Waals surface area contributed by atoms with Crippen molar-refractivity contribution in [3.8, 4) is 0 Å². The number of halogens is 2. The number of benzene rings is 3. The van der Waals surface area contributed by atoms with E-state index in [1.165, 1.54) is 29.2 Å². The molecular formula is C32H37Cl2N3O4S. The van der Waals surface area contributed by atoms with Crippen LogP contribution >= 0.6 is 23.2 Å². The van der Waals surface area contributed by atoms with Crippen LogP contribution in [0, 0.1) is 13.8 Å². The molecular weight excluding hydrogens is 593 g/mol. The third-order valence-electron chi connectivity index (χ3n) is 7.59. The van der Waals surface area contributed by atoms with Crippen molar-refractivity contribution < 1.29 is 18.0 Å². The monoisotopic (exact) mass is 629 g/mol. The van der Waals surface area contributed by atoms with E-state index in [1.807, 2.05) is 45.0 Å². The van der Waals surface area contributed by atoms with Crippen molar-refractivity contribution in [2.75, 3.05) is 10.8 Å². The SMILES string of the molecule is CCC(C(=O)NC1CCCC1)N(Cc1cccc(C)c1)C(=O)CN(c1cc(Cl)ccc1Cl)S(=O)(=O)c1ccc(C)cc1. The predicted molar refractivity (Wildman–Crippen MR) is 168 cm³/mol. The van der Waals surface area contributed by atoms with Crippen molar-refractivity contribution >= 4 is 50.7 Å². The van der Waals surface area contributed by atoms with Crippen molar-refractivity contribution in [2.45, 2.75) is 76.4 Å². The predicted octanol–water partition coefficient (Wildman–Crippen LogP) is 6.67. The van der Waals surface area contributed by atoms with Gasteiger partial charge in [0.1, 0.15) is 12.6 Å². The Labute approximate surface area is 258 Å². The Balaban J connectivity index is 1.75. The molecule has 3 aromatic carbocycles. The minimum Gasteiger partial charge on any atom is -0.352 e. The smallest absolute Gasteiger partial charge is 0.264 e. The van der Waals surface area contributed by atoms with E-state index in [-0.39, 0.29) is 39.1 Å². The van der Waals surface area contributed by atoms with Gasteiger partial charge in [-0.25, -0.2) is 8.42 Å². The van der Waals surface area contributed by atoms with E-state index in [0.717, 1.165) is 46.7 Å². The number of anilines is 1. The molecule has 4 rings (SSSR count). The molecule has 0 radical (unpaired) electrons. The highest BCUT2D eigenvalue weighted by atomic mass is 35.5. The Bertz CT molecular complexity index is 1520. The third kappa shape index (κ3) is 7.65. The van der Waals surface area contributed by atoms with Gasteiger partial charge in [0.15, 0.2) is 0 Å². The second-order valence-electron chi connectivity index (χ2n) is 10.8. The molecule has 2 amide bonds. The molecule has 0 spiro atoms. The zero-order valence-electron chi connectivity index (χ0n) is 24.1. The van der Waals surface area contributed by atoms with E-state index in [2.05, 4.69) is 5.32 Å². The Hall–Kier alpha value is -3.07. The number of nitrogens with one attached hydrogen (secondary N) is 1. The molecule has 1 atom stereocenters. The van der Waals surface area contributed by atoms with Crippen molar-refractivity contribution in [1.82, 2.24) is 10.2 Å². The summed E-state index contributed by atoms with van der Waals surface area (Å²) in [6, 6.07) is 17.8. The highest BCUT2D eigenvalue weighted by Gasteiger charge is 2.35. The third-order valence-corrected chi connectivity index (χ3v) is 9.92. The van der Waals surface area contributed by atoms with Gasteiger partial charge in [0.05, 0.1) is 15.6 Å². The summed E-state index contributed by atoms with van der Waals surface area (Å²) in [5.41, 5.74) is 2.82. The fraction of sp³-hybridized carbons (Fsp3) is 0.375. The molecule has 42 heavy (non-hydrogen) atoms. The summed E-state index contributed by atoms with van der Waals surface area (Å²) < 4.78 is 29.1. The quantitative estimate of drug-likeness (QED) is 0.256. The number of sulfonamides is 1. The maximum Gasteiger partial charge on any atom is 0.264 e. The lowest BCUT2D eigenvalue weighted by atomic mass is 10.1. The van der Waals surface area contributed by atoms with Crippen molar-refractivity contribution in [3.05, 3.63) is 93.5 Å². The number of carbonyl (C=O) groups excluding carboxylic acids is 2. The second kappa shape index (κ2) is 13.9. The molecule has 0 heterocycles. The number of aryl methyl sites for hydroxylation is 2. The minimum absolute atomic E-state index is 0.00759. The van der Waals surface area contributed by atoms with Gasteiger partial charge in [0.2, 0.25) is 11.8 Å². The molecule has 1 aliphatic rings. The fourth-order valence-corrected chi connectivity index (χ4v) is 7.18. The average molecular weight is 631 g/mol. The normalized spacial score (nSPS) is 14.4. The summed E-state index contributed by atoms with van der Waals surface area (Å²) in [7, 11) is -4.25. The van der Waals surface area contributed by atoms with Crippen molar-refractivity contribution in [3.63, 3.8) is 0 Å². The fourth-order valence-electron chi connectivity index (χ4n) is 5.32. The number of rotatable bonds is 11. The van der Waals surface area contributed by atoms with Gasteiger partial charge in [0, 0.05) is 17.6 Å². The van der Waals surface area contributed by atoms with Gasteiger partial charge in [-0.2, -0.15) is 0 Å². The minimum atomic E-state index is -4.25. The highest BCUT2D eigenvalue weighted by molar-refractivity contribution is 7.92. The Morgan fingerprint density at radius 2 is 1.64 bits per heavy atom. The van der Waals surface area contributed by atoms with Crippen LogP contribution in [0.4, 0.5) is 5.69 Å². The second-order valence-corrected chi connectivity index (χ2v) is 13.6. The first kappa shape index (κ1) is 31.9. The van der Waals surface area contributed by atoms with Gasteiger partial charge in [-0.05, 0) is 69.0 Å². The molecule has 7 nitrogen and oxygen atoms in total. The molecule has 224 valence electrons. The first-order chi connectivity index (χ1) is 20.0. The molecule has 0 saturated heterocycles. The van der Waals surface area contributed by atoms with Gasteiger partial charge in [-0.15, -0.1) is 0 Å². The van der Waals surface area contributed by atoms with Gasteiger partial charge >= 0.3 is 0 Å². The number of amides is 2. The summed E-state index contributed by atoms with van der Waals surface area (Å²) in [6.45, 7) is 5.23. The lowest BCUT2D eigenvalue weighted by Crippen LogP contribution is -2.53. The Morgan fingerprint density at radius 3 is 2.29 bits per heavy atom. The number of nitrogens with zero attached hydrogens (tertiary/aromatic N) is 2. The number of carbonyl (C=O) groups is 2. The number of hydrogen-bond acceptors (Lipinski definition) is 4. The lowest BCUT2D eigenvalue weighted by Gasteiger charge is -2.34. The molecule has 1 aliphatic carbocycles. The first-order valence-electron chi connectivity index (χ1n) is 14.2. The summed E-state index contributed by atoms with van der Waals surface area (Å²) >= 11 is 12.8. The van der Waals surface area contributed by atoms with E-state index >= 15 is 0 Å². The van der Waals surface area contributed by atoms with Crippen LogP contribution in [-0.2, 0) is 26.2 Å². The summed E-state index contributed by atoms with van der Waals surface area (Å²) in [5, 5.41) is 3.51. The van der Waals surface area contributed by atoms with Crippen molar-refractivity contribution in [1.29, 1.82) is 0 Å². The molecule has 3 aromatic rings. The zero-order valence-corrected chi connectivity index (χ0v) is 26.5. The largest absolute Gasteiger partial charge is 0.352 e. The first-order valence-corrected chi connectivity index (χ1v) is 16.4. The Morgan fingerprint density at radius 1 is 0.952 bits per heavy atom. The van der Waals surface area contributed by atoms with Crippen LogP contribution in [0.1, 0.15) is 55.7 Å². The standard InChI is InChI=1S/C32H37Cl2N3O4S/c1-4-29(32(39)35-26-10-5-6-11-26)36(20-24-9-7-8-23(3)18-24)31(38)21-37(30-19-25(33)14-17-28(30)34)42(40,41)27-15-12-22(2)13-16-27/h7-9,12-19,26,29H,4-6,10-11,20-21H2,1-3H3,(H,35,39). The van der Waals surface area contributed by atoms with E-state index < -0.39 is 28.5 Å². The zero-order chi connectivity index (χ0) is 30.4. The van der Waals surface area contributed by atoms with Crippen LogP contribution in [0.3, 0.4) is 0 Å². The van der Waals surface area contributed by atoms with Gasteiger partial charge in [-0.3, -0.25) is 13.9 Å². The van der Waals surface area contributed by atoms with E-state index in [4.69, 9.17) is 23.2 Å². The molecule has 1 N–H and O–H groups in total.